The van der Waals surface area contributed by atoms with E-state index in [1.165, 1.54) is 7.11 Å². The van der Waals surface area contributed by atoms with Crippen LogP contribution in [-0.4, -0.2) is 27.8 Å². The van der Waals surface area contributed by atoms with Gasteiger partial charge in [-0.3, -0.25) is 0 Å². The summed E-state index contributed by atoms with van der Waals surface area (Å²) in [4.78, 5) is 16.2. The van der Waals surface area contributed by atoms with Crippen LogP contribution < -0.4 is 0 Å². The minimum atomic E-state index is -0.480. The Balaban J connectivity index is 2.09. The third-order valence-electron chi connectivity index (χ3n) is 3.41. The molecule has 0 amide bonds. The highest BCUT2D eigenvalue weighted by Gasteiger charge is 2.18. The summed E-state index contributed by atoms with van der Waals surface area (Å²) in [5.41, 5.74) is 2.89. The van der Waals surface area contributed by atoms with Gasteiger partial charge in [0.25, 0.3) is 0 Å². The molecule has 0 spiro atoms. The monoisotopic (exact) mass is 315 g/mol. The van der Waals surface area contributed by atoms with Gasteiger partial charge in [-0.15, -0.1) is 0 Å². The molecule has 0 saturated carbocycles. The summed E-state index contributed by atoms with van der Waals surface area (Å²) in [7, 11) is 1.33. The first-order chi connectivity index (χ1) is 10.6. The van der Waals surface area contributed by atoms with E-state index >= 15 is 0 Å². The molecular weight excluding hydrogens is 302 g/mol. The van der Waals surface area contributed by atoms with Crippen LogP contribution in [0.15, 0.2) is 36.5 Å². The smallest absolute Gasteiger partial charge is 0.359 e. The summed E-state index contributed by atoms with van der Waals surface area (Å²) >= 11 is 6.27. The predicted octanol–water partition coefficient (Wildman–Crippen LogP) is 3.23. The molecule has 5 nitrogen and oxygen atoms in total. The lowest BCUT2D eigenvalue weighted by atomic mass is 10.1. The Morgan fingerprint density at radius 2 is 2.18 bits per heavy atom. The van der Waals surface area contributed by atoms with Gasteiger partial charge in [0.1, 0.15) is 0 Å². The van der Waals surface area contributed by atoms with Crippen LogP contribution in [0.4, 0.5) is 0 Å². The van der Waals surface area contributed by atoms with Gasteiger partial charge in [-0.1, -0.05) is 23.7 Å². The highest BCUT2D eigenvalue weighted by Crippen LogP contribution is 2.22. The summed E-state index contributed by atoms with van der Waals surface area (Å²) in [6.07, 6.45) is 1.67. The van der Waals surface area contributed by atoms with Gasteiger partial charge in [0.15, 0.2) is 11.3 Å². The molecule has 2 heterocycles. The minimum Gasteiger partial charge on any atom is -0.464 e. The second-order valence-corrected chi connectivity index (χ2v) is 5.37. The normalized spacial score (nSPS) is 10.9. The fourth-order valence-corrected chi connectivity index (χ4v) is 2.60. The highest BCUT2D eigenvalue weighted by molar-refractivity contribution is 6.31. The summed E-state index contributed by atoms with van der Waals surface area (Å²) < 4.78 is 6.44. The molecule has 0 aliphatic rings. The van der Waals surface area contributed by atoms with Crippen molar-refractivity contribution in [3.63, 3.8) is 0 Å². The first kappa shape index (κ1) is 14.5. The number of fused-ring (bicyclic) bond motifs is 1. The zero-order chi connectivity index (χ0) is 15.7. The number of esters is 1. The van der Waals surface area contributed by atoms with Crippen molar-refractivity contribution in [3.8, 4) is 0 Å². The van der Waals surface area contributed by atoms with E-state index in [1.54, 1.807) is 23.0 Å². The van der Waals surface area contributed by atoms with Crippen molar-refractivity contribution in [2.75, 3.05) is 7.11 Å². The van der Waals surface area contributed by atoms with Gasteiger partial charge in [0.2, 0.25) is 0 Å². The first-order valence-corrected chi connectivity index (χ1v) is 7.13. The maximum atomic E-state index is 11.9. The Hall–Kier alpha value is -2.40. The highest BCUT2D eigenvalue weighted by atomic mass is 35.5. The maximum Gasteiger partial charge on any atom is 0.359 e. The number of aryl methyl sites for hydroxylation is 1. The molecule has 1 aromatic carbocycles. The number of aromatic nitrogens is 3. The van der Waals surface area contributed by atoms with Gasteiger partial charge in [-0.05, 0) is 36.2 Å². The lowest BCUT2D eigenvalue weighted by molar-refractivity contribution is 0.0595. The molecular formula is C16H14ClN3O2. The molecule has 0 aliphatic heterocycles. The molecule has 0 unspecified atom stereocenters. The molecule has 0 aliphatic carbocycles. The summed E-state index contributed by atoms with van der Waals surface area (Å²) in [6, 6.07) is 9.40. The van der Waals surface area contributed by atoms with Gasteiger partial charge in [-0.25, -0.2) is 14.5 Å². The Morgan fingerprint density at radius 1 is 1.36 bits per heavy atom. The number of rotatable bonds is 3. The van der Waals surface area contributed by atoms with Crippen LogP contribution in [-0.2, 0) is 11.3 Å². The zero-order valence-corrected chi connectivity index (χ0v) is 13.0. The molecule has 0 bridgehead atoms. The third-order valence-corrected chi connectivity index (χ3v) is 3.77. The molecule has 112 valence electrons. The Kier molecular flexibility index (Phi) is 3.81. The number of hydrogen-bond donors (Lipinski definition) is 0. The molecule has 0 saturated heterocycles. The number of ether oxygens (including phenoxy) is 1. The Bertz CT molecular complexity index is 858. The predicted molar refractivity (Wildman–Crippen MR) is 84.2 cm³/mol. The average molecular weight is 316 g/mol. The van der Waals surface area contributed by atoms with E-state index in [-0.39, 0.29) is 5.69 Å². The molecule has 2 aromatic heterocycles. The molecule has 22 heavy (non-hydrogen) atoms. The van der Waals surface area contributed by atoms with Crippen LogP contribution in [0, 0.1) is 6.92 Å². The fourth-order valence-electron chi connectivity index (χ4n) is 2.31. The van der Waals surface area contributed by atoms with Gasteiger partial charge >= 0.3 is 5.97 Å². The number of carbonyl (C=O) groups excluding carboxylic acids is 1. The van der Waals surface area contributed by atoms with E-state index in [1.807, 2.05) is 25.1 Å². The quantitative estimate of drug-likeness (QED) is 0.696. The van der Waals surface area contributed by atoms with Crippen molar-refractivity contribution in [1.29, 1.82) is 0 Å². The van der Waals surface area contributed by atoms with Crippen molar-refractivity contribution in [3.05, 3.63) is 58.4 Å². The number of halogens is 1. The minimum absolute atomic E-state index is 0.258. The largest absolute Gasteiger partial charge is 0.464 e. The van der Waals surface area contributed by atoms with Crippen LogP contribution in [0.2, 0.25) is 5.02 Å². The number of hydrogen-bond acceptors (Lipinski definition) is 4. The number of pyridine rings is 1. The Morgan fingerprint density at radius 3 is 2.91 bits per heavy atom. The van der Waals surface area contributed by atoms with Gasteiger partial charge < -0.3 is 4.74 Å². The van der Waals surface area contributed by atoms with Gasteiger partial charge in [-0.2, -0.15) is 5.10 Å². The zero-order valence-electron chi connectivity index (χ0n) is 12.2. The van der Waals surface area contributed by atoms with E-state index in [0.717, 1.165) is 11.1 Å². The molecule has 0 fully saturated rings. The third kappa shape index (κ3) is 2.55. The van der Waals surface area contributed by atoms with Crippen LogP contribution in [0.25, 0.3) is 11.0 Å². The lowest BCUT2D eigenvalue weighted by Gasteiger charge is -2.06. The van der Waals surface area contributed by atoms with E-state index in [9.17, 15) is 4.79 Å². The van der Waals surface area contributed by atoms with Crippen molar-refractivity contribution in [2.45, 2.75) is 13.5 Å². The van der Waals surface area contributed by atoms with E-state index in [4.69, 9.17) is 16.3 Å². The first-order valence-electron chi connectivity index (χ1n) is 6.75. The average Bonchev–Trinajstić information content (AvgIpc) is 2.88. The van der Waals surface area contributed by atoms with Crippen molar-refractivity contribution in [2.24, 2.45) is 0 Å². The van der Waals surface area contributed by atoms with Crippen LogP contribution in [0.1, 0.15) is 21.6 Å². The van der Waals surface area contributed by atoms with Crippen molar-refractivity contribution < 1.29 is 9.53 Å². The Labute approximate surface area is 132 Å². The topological polar surface area (TPSA) is 57.0 Å². The molecule has 3 aromatic rings. The van der Waals surface area contributed by atoms with Crippen LogP contribution in [0.5, 0.6) is 0 Å². The molecule has 3 rings (SSSR count). The van der Waals surface area contributed by atoms with E-state index < -0.39 is 5.97 Å². The maximum absolute atomic E-state index is 11.9. The molecule has 0 radical (unpaired) electrons. The van der Waals surface area contributed by atoms with Crippen LogP contribution in [0.3, 0.4) is 0 Å². The lowest BCUT2D eigenvalue weighted by Crippen LogP contribution is -2.07. The second-order valence-electron chi connectivity index (χ2n) is 4.97. The van der Waals surface area contributed by atoms with Crippen LogP contribution >= 0.6 is 11.6 Å². The SMILES string of the molecule is COC(=O)c1nn(Cc2ccc(C)cc2Cl)c2ncccc12. The number of benzene rings is 1. The second kappa shape index (κ2) is 5.77. The number of carbonyl (C=O) groups is 1. The number of nitrogens with zero attached hydrogens (tertiary/aromatic N) is 3. The molecule has 0 N–H and O–H groups in total. The standard InChI is InChI=1S/C16H14ClN3O2/c1-10-5-6-11(13(17)8-10)9-20-15-12(4-3-7-18-15)14(19-20)16(21)22-2/h3-8H,9H2,1-2H3. The van der Waals surface area contributed by atoms with Gasteiger partial charge in [0.05, 0.1) is 19.0 Å². The van der Waals surface area contributed by atoms with Gasteiger partial charge in [0, 0.05) is 11.2 Å². The molecule has 6 heteroatoms. The van der Waals surface area contributed by atoms with Crippen molar-refractivity contribution in [1.82, 2.24) is 14.8 Å². The summed E-state index contributed by atoms with van der Waals surface area (Å²) in [6.45, 7) is 2.42. The summed E-state index contributed by atoms with van der Waals surface area (Å²) in [5.74, 6) is -0.480. The van der Waals surface area contributed by atoms with E-state index in [0.29, 0.717) is 22.6 Å². The van der Waals surface area contributed by atoms with E-state index in [2.05, 4.69) is 10.1 Å². The molecule has 0 atom stereocenters. The van der Waals surface area contributed by atoms with Crippen molar-refractivity contribution >= 4 is 28.6 Å². The summed E-state index contributed by atoms with van der Waals surface area (Å²) in [5, 5.41) is 5.67. The number of methoxy groups -OCH3 is 1. The fraction of sp³-hybridized carbons (Fsp3) is 0.188.